The van der Waals surface area contributed by atoms with Crippen molar-refractivity contribution in [3.8, 4) is 11.5 Å². The number of carbonyl (C=O) groups excluding carboxylic acids is 3. The highest BCUT2D eigenvalue weighted by molar-refractivity contribution is 5.97. The molecule has 1 aromatic carbocycles. The molecule has 0 spiro atoms. The molecule has 9 nitrogen and oxygen atoms in total. The summed E-state index contributed by atoms with van der Waals surface area (Å²) in [6, 6.07) is 7.71. The number of methoxy groups -OCH3 is 2. The van der Waals surface area contributed by atoms with Crippen LogP contribution in [0.2, 0.25) is 0 Å². The van der Waals surface area contributed by atoms with E-state index in [1.165, 1.54) is 32.6 Å². The first kappa shape index (κ1) is 17.9. The lowest BCUT2D eigenvalue weighted by Gasteiger charge is -2.12. The van der Waals surface area contributed by atoms with Crippen molar-refractivity contribution in [1.29, 1.82) is 0 Å². The summed E-state index contributed by atoms with van der Waals surface area (Å²) in [5, 5.41) is 0. The maximum atomic E-state index is 12.2. The van der Waals surface area contributed by atoms with Gasteiger partial charge in [0.15, 0.2) is 12.4 Å². The van der Waals surface area contributed by atoms with Crippen molar-refractivity contribution < 1.29 is 33.0 Å². The number of nitrogens with one attached hydrogen (secondary N) is 2. The molecule has 0 unspecified atom stereocenters. The van der Waals surface area contributed by atoms with Gasteiger partial charge in [-0.2, -0.15) is 0 Å². The second-order valence-electron chi connectivity index (χ2n) is 4.59. The zero-order chi connectivity index (χ0) is 18.2. The molecule has 2 amide bonds. The summed E-state index contributed by atoms with van der Waals surface area (Å²) in [6.45, 7) is -0.613. The molecule has 0 aliphatic carbocycles. The second kappa shape index (κ2) is 8.39. The van der Waals surface area contributed by atoms with Crippen LogP contribution in [0.4, 0.5) is 0 Å². The van der Waals surface area contributed by atoms with E-state index in [1.54, 1.807) is 18.2 Å². The zero-order valence-electron chi connectivity index (χ0n) is 13.5. The Bertz CT molecular complexity index is 734. The lowest BCUT2D eigenvalue weighted by atomic mass is 10.2. The molecule has 2 N–H and O–H groups in total. The van der Waals surface area contributed by atoms with Crippen LogP contribution in [0.3, 0.4) is 0 Å². The highest BCUT2D eigenvalue weighted by Crippen LogP contribution is 2.28. The Balaban J connectivity index is 1.89. The molecule has 1 heterocycles. The number of rotatable bonds is 6. The van der Waals surface area contributed by atoms with Gasteiger partial charge in [0, 0.05) is 0 Å². The molecule has 0 aliphatic heterocycles. The van der Waals surface area contributed by atoms with E-state index in [0.29, 0.717) is 0 Å². The normalized spacial score (nSPS) is 9.84. The van der Waals surface area contributed by atoms with Gasteiger partial charge in [0.1, 0.15) is 17.1 Å². The quantitative estimate of drug-likeness (QED) is 0.589. The van der Waals surface area contributed by atoms with Gasteiger partial charge in [-0.1, -0.05) is 6.07 Å². The molecule has 0 radical (unpaired) electrons. The number of hydrogen-bond donors (Lipinski definition) is 2. The maximum Gasteiger partial charge on any atom is 0.346 e. The Labute approximate surface area is 142 Å². The first-order valence-corrected chi connectivity index (χ1v) is 7.07. The standard InChI is InChI=1S/C16H16N2O7/c1-22-10-5-3-6-11(23-2)14(10)16(21)25-9-13(19)17-18-15(20)12-7-4-8-24-12/h3-8H,9H2,1-2H3,(H,17,19)(H,18,20). The molecule has 1 aromatic heterocycles. The Kier molecular flexibility index (Phi) is 5.99. The molecule has 0 saturated carbocycles. The predicted molar refractivity (Wildman–Crippen MR) is 84.1 cm³/mol. The number of benzene rings is 1. The average Bonchev–Trinajstić information content (AvgIpc) is 3.18. The molecule has 0 saturated heterocycles. The van der Waals surface area contributed by atoms with Crippen molar-refractivity contribution in [3.05, 3.63) is 47.9 Å². The molecule has 25 heavy (non-hydrogen) atoms. The van der Waals surface area contributed by atoms with Crippen LogP contribution < -0.4 is 20.3 Å². The molecular weight excluding hydrogens is 332 g/mol. The van der Waals surface area contributed by atoms with E-state index in [1.807, 2.05) is 0 Å². The van der Waals surface area contributed by atoms with Crippen LogP contribution in [-0.2, 0) is 9.53 Å². The minimum absolute atomic E-state index is 0.0241. The number of amides is 2. The van der Waals surface area contributed by atoms with E-state index in [0.717, 1.165) is 0 Å². The fraction of sp³-hybridized carbons (Fsp3) is 0.188. The van der Waals surface area contributed by atoms with Crippen LogP contribution in [0.15, 0.2) is 41.0 Å². The second-order valence-corrected chi connectivity index (χ2v) is 4.59. The number of hydrogen-bond acceptors (Lipinski definition) is 7. The SMILES string of the molecule is COc1cccc(OC)c1C(=O)OCC(=O)NNC(=O)c1ccco1. The van der Waals surface area contributed by atoms with E-state index in [4.69, 9.17) is 18.6 Å². The third-order valence-corrected chi connectivity index (χ3v) is 3.03. The Morgan fingerprint density at radius 3 is 2.24 bits per heavy atom. The summed E-state index contributed by atoms with van der Waals surface area (Å²) in [4.78, 5) is 35.4. The van der Waals surface area contributed by atoms with Crippen LogP contribution in [0.1, 0.15) is 20.9 Å². The van der Waals surface area contributed by atoms with Gasteiger partial charge in [-0.3, -0.25) is 20.4 Å². The largest absolute Gasteiger partial charge is 0.496 e. The lowest BCUT2D eigenvalue weighted by molar-refractivity contribution is -0.125. The number of hydrazine groups is 1. The zero-order valence-corrected chi connectivity index (χ0v) is 13.5. The summed E-state index contributed by atoms with van der Waals surface area (Å²) in [5.74, 6) is -1.66. The van der Waals surface area contributed by atoms with Crippen molar-refractivity contribution in [1.82, 2.24) is 10.9 Å². The van der Waals surface area contributed by atoms with Gasteiger partial charge in [0.25, 0.3) is 5.91 Å². The van der Waals surface area contributed by atoms with Crippen LogP contribution >= 0.6 is 0 Å². The maximum absolute atomic E-state index is 12.2. The molecule has 2 aromatic rings. The van der Waals surface area contributed by atoms with Crippen molar-refractivity contribution in [2.45, 2.75) is 0 Å². The molecule has 9 heteroatoms. The molecule has 132 valence electrons. The van der Waals surface area contributed by atoms with Gasteiger partial charge >= 0.3 is 11.9 Å². The lowest BCUT2D eigenvalue weighted by Crippen LogP contribution is -2.43. The summed E-state index contributed by atoms with van der Waals surface area (Å²) < 4.78 is 19.9. The first-order valence-electron chi connectivity index (χ1n) is 7.07. The third-order valence-electron chi connectivity index (χ3n) is 3.03. The molecule has 0 bridgehead atoms. The molecule has 0 aliphatic rings. The highest BCUT2D eigenvalue weighted by Gasteiger charge is 2.20. The summed E-state index contributed by atoms with van der Waals surface area (Å²) in [7, 11) is 2.78. The fourth-order valence-electron chi connectivity index (χ4n) is 1.89. The summed E-state index contributed by atoms with van der Waals surface area (Å²) in [5.41, 5.74) is 4.27. The van der Waals surface area contributed by atoms with Gasteiger partial charge in [0.2, 0.25) is 0 Å². The Morgan fingerprint density at radius 1 is 1.00 bits per heavy atom. The number of ether oxygens (including phenoxy) is 3. The van der Waals surface area contributed by atoms with Crippen LogP contribution in [0, 0.1) is 0 Å². The van der Waals surface area contributed by atoms with E-state index < -0.39 is 24.4 Å². The number of esters is 1. The van der Waals surface area contributed by atoms with Gasteiger partial charge in [0.05, 0.1) is 20.5 Å². The smallest absolute Gasteiger partial charge is 0.346 e. The Hall–Kier alpha value is -3.49. The molecular formula is C16H16N2O7. The van der Waals surface area contributed by atoms with E-state index in [-0.39, 0.29) is 22.8 Å². The molecule has 0 fully saturated rings. The van der Waals surface area contributed by atoms with Crippen molar-refractivity contribution in [2.24, 2.45) is 0 Å². The van der Waals surface area contributed by atoms with E-state index in [9.17, 15) is 14.4 Å². The molecule has 2 rings (SSSR count). The van der Waals surface area contributed by atoms with Gasteiger partial charge < -0.3 is 18.6 Å². The summed E-state index contributed by atoms with van der Waals surface area (Å²) in [6.07, 6.45) is 1.32. The minimum Gasteiger partial charge on any atom is -0.496 e. The minimum atomic E-state index is -0.804. The average molecular weight is 348 g/mol. The van der Waals surface area contributed by atoms with Crippen molar-refractivity contribution >= 4 is 17.8 Å². The van der Waals surface area contributed by atoms with Gasteiger partial charge in [-0.25, -0.2) is 4.79 Å². The van der Waals surface area contributed by atoms with Crippen molar-refractivity contribution in [2.75, 3.05) is 20.8 Å². The van der Waals surface area contributed by atoms with Gasteiger partial charge in [-0.15, -0.1) is 0 Å². The van der Waals surface area contributed by atoms with Gasteiger partial charge in [-0.05, 0) is 24.3 Å². The highest BCUT2D eigenvalue weighted by atomic mass is 16.5. The first-order chi connectivity index (χ1) is 12.1. The topological polar surface area (TPSA) is 116 Å². The predicted octanol–water partition coefficient (Wildman–Crippen LogP) is 0.915. The van der Waals surface area contributed by atoms with Crippen LogP contribution in [-0.4, -0.2) is 38.6 Å². The van der Waals surface area contributed by atoms with Crippen LogP contribution in [0.25, 0.3) is 0 Å². The van der Waals surface area contributed by atoms with E-state index >= 15 is 0 Å². The van der Waals surface area contributed by atoms with E-state index in [2.05, 4.69) is 10.9 Å². The number of furan rings is 1. The number of carbonyl (C=O) groups is 3. The fourth-order valence-corrected chi connectivity index (χ4v) is 1.89. The third kappa shape index (κ3) is 4.50. The van der Waals surface area contributed by atoms with Crippen molar-refractivity contribution in [3.63, 3.8) is 0 Å². The summed E-state index contributed by atoms with van der Waals surface area (Å²) >= 11 is 0. The molecule has 0 atom stereocenters. The Morgan fingerprint density at radius 2 is 1.68 bits per heavy atom. The van der Waals surface area contributed by atoms with Crippen LogP contribution in [0.5, 0.6) is 11.5 Å². The monoisotopic (exact) mass is 348 g/mol.